The van der Waals surface area contributed by atoms with E-state index in [1.54, 1.807) is 0 Å². The molecule has 0 N–H and O–H groups in total. The molecule has 12 aromatic rings. The van der Waals surface area contributed by atoms with Gasteiger partial charge in [0, 0.05) is 32.9 Å². The van der Waals surface area contributed by atoms with E-state index in [9.17, 15) is 0 Å². The Morgan fingerprint density at radius 1 is 0.194 bits per heavy atom. The molecule has 12 rings (SSSR count). The third-order valence-electron chi connectivity index (χ3n) is 12.5. The van der Waals surface area contributed by atoms with Gasteiger partial charge >= 0.3 is 0 Å². The first-order chi connectivity index (χ1) is 30.7. The SMILES string of the molecule is c1ccc(-c2cccc(-c3cccc(-n4c5ccccc5c5cc(-c6ccc7c(c6)c6ccccc6n7-c6ccc(-c7ccccc7)c(-c7ccccc7)c6)ccc54)c3)c2)cc1. The molecule has 0 saturated carbocycles. The van der Waals surface area contributed by atoms with Crippen LogP contribution in [0.25, 0.3) is 111 Å². The Balaban J connectivity index is 0.969. The maximum absolute atomic E-state index is 2.43. The van der Waals surface area contributed by atoms with Crippen molar-refractivity contribution in [3.05, 3.63) is 243 Å². The molecule has 0 bridgehead atoms. The summed E-state index contributed by atoms with van der Waals surface area (Å²) in [4.78, 5) is 0. The van der Waals surface area contributed by atoms with E-state index in [1.807, 2.05) is 0 Å². The molecule has 2 aromatic heterocycles. The first-order valence-electron chi connectivity index (χ1n) is 21.3. The molecule has 2 heterocycles. The van der Waals surface area contributed by atoms with Crippen LogP contribution in [0.5, 0.6) is 0 Å². The summed E-state index contributed by atoms with van der Waals surface area (Å²) in [7, 11) is 0. The Hall–Kier alpha value is -8.20. The molecule has 0 atom stereocenters. The number of para-hydroxylation sites is 2. The quantitative estimate of drug-likeness (QED) is 0.152. The lowest BCUT2D eigenvalue weighted by atomic mass is 9.94. The van der Waals surface area contributed by atoms with Crippen LogP contribution >= 0.6 is 0 Å². The Labute approximate surface area is 360 Å². The van der Waals surface area contributed by atoms with Crippen LogP contribution in [0.3, 0.4) is 0 Å². The van der Waals surface area contributed by atoms with Gasteiger partial charge in [-0.3, -0.25) is 0 Å². The maximum atomic E-state index is 2.43. The third-order valence-corrected chi connectivity index (χ3v) is 12.5. The summed E-state index contributed by atoms with van der Waals surface area (Å²) >= 11 is 0. The van der Waals surface area contributed by atoms with Gasteiger partial charge in [0.1, 0.15) is 0 Å². The van der Waals surface area contributed by atoms with Crippen molar-refractivity contribution in [1.82, 2.24) is 9.13 Å². The third kappa shape index (κ3) is 6.04. The van der Waals surface area contributed by atoms with Crippen molar-refractivity contribution in [2.75, 3.05) is 0 Å². The van der Waals surface area contributed by atoms with Gasteiger partial charge in [0.05, 0.1) is 22.1 Å². The zero-order chi connectivity index (χ0) is 41.0. The second kappa shape index (κ2) is 14.8. The van der Waals surface area contributed by atoms with Gasteiger partial charge in [-0.15, -0.1) is 0 Å². The highest BCUT2D eigenvalue weighted by Gasteiger charge is 2.18. The Morgan fingerprint density at radius 3 is 1.18 bits per heavy atom. The molecular weight excluding hydrogens is 749 g/mol. The molecular formula is C60H40N2. The fourth-order valence-electron chi connectivity index (χ4n) is 9.59. The lowest BCUT2D eigenvalue weighted by Gasteiger charge is -2.15. The van der Waals surface area contributed by atoms with Gasteiger partial charge in [-0.25, -0.2) is 0 Å². The molecule has 62 heavy (non-hydrogen) atoms. The van der Waals surface area contributed by atoms with Gasteiger partial charge in [0.25, 0.3) is 0 Å². The summed E-state index contributed by atoms with van der Waals surface area (Å²) in [5, 5.41) is 4.96. The Morgan fingerprint density at radius 2 is 0.597 bits per heavy atom. The standard InChI is InChI=1S/C60H40N2/c1-4-16-41(17-5-1)44-22-14-23-45(36-44)46-24-15-25-49(37-46)61-57-28-12-10-26-52(57)55-38-47(30-34-59(55)61)48-31-35-60-56(39-48)53-27-11-13-29-58(53)62(60)50-32-33-51(42-18-6-2-7-19-42)54(40-50)43-20-8-3-9-21-43/h1-40H. The fourth-order valence-corrected chi connectivity index (χ4v) is 9.59. The van der Waals surface area contributed by atoms with Gasteiger partial charge in [0.15, 0.2) is 0 Å². The van der Waals surface area contributed by atoms with E-state index in [0.717, 1.165) is 11.4 Å². The van der Waals surface area contributed by atoms with Crippen LogP contribution in [-0.4, -0.2) is 9.13 Å². The molecule has 290 valence electrons. The van der Waals surface area contributed by atoms with Crippen molar-refractivity contribution in [2.24, 2.45) is 0 Å². The first-order valence-corrected chi connectivity index (χ1v) is 21.3. The molecule has 0 amide bonds. The molecule has 10 aromatic carbocycles. The van der Waals surface area contributed by atoms with Gasteiger partial charge < -0.3 is 9.13 Å². The zero-order valence-electron chi connectivity index (χ0n) is 34.0. The predicted molar refractivity (Wildman–Crippen MR) is 262 cm³/mol. The second-order valence-electron chi connectivity index (χ2n) is 16.1. The molecule has 2 nitrogen and oxygen atoms in total. The van der Waals surface area contributed by atoms with E-state index in [2.05, 4.69) is 252 Å². The minimum atomic E-state index is 1.14. The zero-order valence-corrected chi connectivity index (χ0v) is 34.0. The minimum Gasteiger partial charge on any atom is -0.309 e. The van der Waals surface area contributed by atoms with E-state index in [4.69, 9.17) is 0 Å². The van der Waals surface area contributed by atoms with E-state index >= 15 is 0 Å². The molecule has 0 saturated heterocycles. The highest BCUT2D eigenvalue weighted by Crippen LogP contribution is 2.41. The van der Waals surface area contributed by atoms with Crippen LogP contribution in [0.1, 0.15) is 0 Å². The topological polar surface area (TPSA) is 9.86 Å². The van der Waals surface area contributed by atoms with Crippen LogP contribution < -0.4 is 0 Å². The van der Waals surface area contributed by atoms with Crippen molar-refractivity contribution in [3.8, 4) is 67.0 Å². The van der Waals surface area contributed by atoms with Crippen LogP contribution in [0.2, 0.25) is 0 Å². The summed E-state index contributed by atoms with van der Waals surface area (Å²) in [6.45, 7) is 0. The van der Waals surface area contributed by atoms with Gasteiger partial charge in [0.2, 0.25) is 0 Å². The number of aromatic nitrogens is 2. The molecule has 0 spiro atoms. The lowest BCUT2D eigenvalue weighted by molar-refractivity contribution is 1.18. The summed E-state index contributed by atoms with van der Waals surface area (Å²) < 4.78 is 4.85. The largest absolute Gasteiger partial charge is 0.309 e. The highest BCUT2D eigenvalue weighted by atomic mass is 15.0. The molecule has 0 unspecified atom stereocenters. The monoisotopic (exact) mass is 788 g/mol. The smallest absolute Gasteiger partial charge is 0.0541 e. The van der Waals surface area contributed by atoms with Gasteiger partial charge in [-0.05, 0) is 122 Å². The van der Waals surface area contributed by atoms with Crippen molar-refractivity contribution in [1.29, 1.82) is 0 Å². The molecule has 0 aliphatic rings. The average Bonchev–Trinajstić information content (AvgIpc) is 3.87. The van der Waals surface area contributed by atoms with Gasteiger partial charge in [-0.2, -0.15) is 0 Å². The number of benzene rings is 10. The lowest BCUT2D eigenvalue weighted by Crippen LogP contribution is -1.96. The first kappa shape index (κ1) is 35.7. The maximum Gasteiger partial charge on any atom is 0.0541 e. The van der Waals surface area contributed by atoms with Crippen molar-refractivity contribution >= 4 is 43.6 Å². The number of hydrogen-bond donors (Lipinski definition) is 0. The molecule has 0 radical (unpaired) electrons. The number of fused-ring (bicyclic) bond motifs is 6. The number of rotatable bonds is 7. The molecule has 0 fully saturated rings. The Bertz CT molecular complexity index is 3610. The van der Waals surface area contributed by atoms with Crippen LogP contribution in [0.15, 0.2) is 243 Å². The molecule has 0 aliphatic carbocycles. The summed E-state index contributed by atoms with van der Waals surface area (Å²) in [5.41, 5.74) is 19.1. The van der Waals surface area contributed by atoms with Crippen molar-refractivity contribution in [3.63, 3.8) is 0 Å². The Kier molecular flexibility index (Phi) is 8.53. The number of nitrogens with zero attached hydrogens (tertiary/aromatic N) is 2. The second-order valence-corrected chi connectivity index (χ2v) is 16.1. The van der Waals surface area contributed by atoms with E-state index < -0.39 is 0 Å². The van der Waals surface area contributed by atoms with E-state index in [0.29, 0.717) is 0 Å². The fraction of sp³-hybridized carbons (Fsp3) is 0. The normalized spacial score (nSPS) is 11.5. The van der Waals surface area contributed by atoms with Crippen molar-refractivity contribution < 1.29 is 0 Å². The summed E-state index contributed by atoms with van der Waals surface area (Å²) in [6, 6.07) is 88.4. The van der Waals surface area contributed by atoms with Crippen molar-refractivity contribution in [2.45, 2.75) is 0 Å². The van der Waals surface area contributed by atoms with Crippen LogP contribution in [0, 0.1) is 0 Å². The summed E-state index contributed by atoms with van der Waals surface area (Å²) in [6.07, 6.45) is 0. The minimum absolute atomic E-state index is 1.14. The van der Waals surface area contributed by atoms with Gasteiger partial charge in [-0.1, -0.05) is 176 Å². The average molecular weight is 789 g/mol. The highest BCUT2D eigenvalue weighted by molar-refractivity contribution is 6.13. The van der Waals surface area contributed by atoms with E-state index in [-0.39, 0.29) is 0 Å². The molecule has 0 aliphatic heterocycles. The van der Waals surface area contributed by atoms with E-state index in [1.165, 1.54) is 99.2 Å². The number of hydrogen-bond acceptors (Lipinski definition) is 0. The predicted octanol–water partition coefficient (Wildman–Crippen LogP) is 16.2. The van der Waals surface area contributed by atoms with Crippen LogP contribution in [0.4, 0.5) is 0 Å². The van der Waals surface area contributed by atoms with Crippen LogP contribution in [-0.2, 0) is 0 Å². The molecule has 2 heteroatoms. The summed E-state index contributed by atoms with van der Waals surface area (Å²) in [5.74, 6) is 0.